The molecule has 0 unspecified atom stereocenters. The van der Waals surface area contributed by atoms with Crippen LogP contribution in [-0.4, -0.2) is 40.0 Å². The maximum atomic E-state index is 12.3. The SMILES string of the molecule is CC(C)CN(CCC#N)C(=O)c1ccc(C(=O)O)cn1. The van der Waals surface area contributed by atoms with E-state index in [9.17, 15) is 9.59 Å². The first-order chi connectivity index (χ1) is 9.45. The number of aromatic carboxylic acids is 1. The van der Waals surface area contributed by atoms with Gasteiger partial charge in [0.1, 0.15) is 5.69 Å². The fraction of sp³-hybridized carbons (Fsp3) is 0.429. The number of carboxylic acids is 1. The van der Waals surface area contributed by atoms with Crippen LogP contribution in [0.5, 0.6) is 0 Å². The molecule has 0 aliphatic carbocycles. The molecule has 0 bridgehead atoms. The monoisotopic (exact) mass is 275 g/mol. The smallest absolute Gasteiger partial charge is 0.337 e. The van der Waals surface area contributed by atoms with Gasteiger partial charge in [0.25, 0.3) is 5.91 Å². The van der Waals surface area contributed by atoms with Gasteiger partial charge in [0.05, 0.1) is 18.1 Å². The Morgan fingerprint density at radius 2 is 2.15 bits per heavy atom. The summed E-state index contributed by atoms with van der Waals surface area (Å²) in [5.74, 6) is -1.10. The van der Waals surface area contributed by atoms with Crippen molar-refractivity contribution in [3.8, 4) is 6.07 Å². The Balaban J connectivity index is 2.87. The third-order valence-corrected chi connectivity index (χ3v) is 2.60. The van der Waals surface area contributed by atoms with Crippen molar-refractivity contribution in [2.75, 3.05) is 13.1 Å². The largest absolute Gasteiger partial charge is 0.478 e. The Kier molecular flexibility index (Phi) is 5.66. The lowest BCUT2D eigenvalue weighted by atomic mass is 10.2. The highest BCUT2D eigenvalue weighted by Gasteiger charge is 2.18. The normalized spacial score (nSPS) is 10.1. The lowest BCUT2D eigenvalue weighted by Gasteiger charge is -2.23. The van der Waals surface area contributed by atoms with Crippen molar-refractivity contribution in [3.63, 3.8) is 0 Å². The lowest BCUT2D eigenvalue weighted by molar-refractivity contribution is 0.0691. The Morgan fingerprint density at radius 3 is 2.60 bits per heavy atom. The number of nitriles is 1. The molecule has 1 amide bonds. The number of hydrogen-bond acceptors (Lipinski definition) is 4. The molecule has 0 aromatic carbocycles. The molecule has 20 heavy (non-hydrogen) atoms. The summed E-state index contributed by atoms with van der Waals surface area (Å²) in [6.45, 7) is 4.83. The van der Waals surface area contributed by atoms with Gasteiger partial charge >= 0.3 is 5.97 Å². The zero-order valence-corrected chi connectivity index (χ0v) is 11.5. The molecule has 1 aromatic rings. The van der Waals surface area contributed by atoms with Crippen LogP contribution in [0.15, 0.2) is 18.3 Å². The Bertz CT molecular complexity index is 517. The van der Waals surface area contributed by atoms with E-state index in [4.69, 9.17) is 10.4 Å². The van der Waals surface area contributed by atoms with Gasteiger partial charge in [-0.1, -0.05) is 13.8 Å². The number of pyridine rings is 1. The van der Waals surface area contributed by atoms with Crippen molar-refractivity contribution >= 4 is 11.9 Å². The van der Waals surface area contributed by atoms with E-state index in [0.717, 1.165) is 6.20 Å². The molecule has 0 spiro atoms. The topological polar surface area (TPSA) is 94.3 Å². The van der Waals surface area contributed by atoms with Crippen molar-refractivity contribution in [3.05, 3.63) is 29.6 Å². The molecule has 6 heteroatoms. The molecule has 1 heterocycles. The first-order valence-corrected chi connectivity index (χ1v) is 6.31. The zero-order chi connectivity index (χ0) is 15.1. The maximum Gasteiger partial charge on any atom is 0.337 e. The lowest BCUT2D eigenvalue weighted by Crippen LogP contribution is -2.35. The second kappa shape index (κ2) is 7.24. The second-order valence-corrected chi connectivity index (χ2v) is 4.79. The minimum absolute atomic E-state index is 0.0361. The van der Waals surface area contributed by atoms with Crippen LogP contribution in [0, 0.1) is 17.2 Å². The van der Waals surface area contributed by atoms with Crippen molar-refractivity contribution in [2.45, 2.75) is 20.3 Å². The highest BCUT2D eigenvalue weighted by atomic mass is 16.4. The maximum absolute atomic E-state index is 12.3. The molecule has 106 valence electrons. The van der Waals surface area contributed by atoms with E-state index >= 15 is 0 Å². The number of rotatable bonds is 6. The van der Waals surface area contributed by atoms with Gasteiger partial charge in [-0.05, 0) is 18.1 Å². The Labute approximate surface area is 117 Å². The molecule has 6 nitrogen and oxygen atoms in total. The van der Waals surface area contributed by atoms with Gasteiger partial charge in [0, 0.05) is 19.3 Å². The van der Waals surface area contributed by atoms with E-state index in [2.05, 4.69) is 4.98 Å². The van der Waals surface area contributed by atoms with Crippen LogP contribution in [0.3, 0.4) is 0 Å². The van der Waals surface area contributed by atoms with E-state index in [0.29, 0.717) is 13.1 Å². The van der Waals surface area contributed by atoms with Gasteiger partial charge in [-0.2, -0.15) is 5.26 Å². The van der Waals surface area contributed by atoms with E-state index in [1.165, 1.54) is 12.1 Å². The number of hydrogen-bond donors (Lipinski definition) is 1. The summed E-state index contributed by atoms with van der Waals surface area (Å²) in [6, 6.07) is 4.75. The quantitative estimate of drug-likeness (QED) is 0.854. The third-order valence-electron chi connectivity index (χ3n) is 2.60. The molecule has 1 N–H and O–H groups in total. The van der Waals surface area contributed by atoms with Crippen LogP contribution in [-0.2, 0) is 0 Å². The Hall–Kier alpha value is -2.42. The highest BCUT2D eigenvalue weighted by molar-refractivity contribution is 5.93. The van der Waals surface area contributed by atoms with Gasteiger partial charge in [-0.15, -0.1) is 0 Å². The fourth-order valence-corrected chi connectivity index (χ4v) is 1.71. The molecule has 0 aliphatic heterocycles. The number of carbonyl (C=O) groups is 2. The van der Waals surface area contributed by atoms with Crippen molar-refractivity contribution in [1.29, 1.82) is 5.26 Å². The summed E-state index contributed by atoms with van der Waals surface area (Å²) in [5.41, 5.74) is 0.225. The van der Waals surface area contributed by atoms with E-state index < -0.39 is 5.97 Å². The van der Waals surface area contributed by atoms with Crippen LogP contribution in [0.25, 0.3) is 0 Å². The molecular formula is C14H17N3O3. The summed E-state index contributed by atoms with van der Waals surface area (Å²) in [7, 11) is 0. The predicted molar refractivity (Wildman–Crippen MR) is 72.2 cm³/mol. The van der Waals surface area contributed by atoms with Crippen molar-refractivity contribution in [1.82, 2.24) is 9.88 Å². The standard InChI is InChI=1S/C14H17N3O3/c1-10(2)9-17(7-3-6-15)13(18)12-5-4-11(8-16-12)14(19)20/h4-5,8,10H,3,7,9H2,1-2H3,(H,19,20). The van der Waals surface area contributed by atoms with Gasteiger partial charge in [-0.25, -0.2) is 4.79 Å². The molecular weight excluding hydrogens is 258 g/mol. The van der Waals surface area contributed by atoms with Crippen LogP contribution in [0.4, 0.5) is 0 Å². The second-order valence-electron chi connectivity index (χ2n) is 4.79. The van der Waals surface area contributed by atoms with Crippen LogP contribution >= 0.6 is 0 Å². The van der Waals surface area contributed by atoms with E-state index in [-0.39, 0.29) is 29.5 Å². The van der Waals surface area contributed by atoms with E-state index in [1.54, 1.807) is 4.90 Å². The van der Waals surface area contributed by atoms with Crippen LogP contribution in [0.2, 0.25) is 0 Å². The van der Waals surface area contributed by atoms with Gasteiger partial charge in [0.15, 0.2) is 0 Å². The number of aromatic nitrogens is 1. The molecule has 0 aliphatic rings. The van der Waals surface area contributed by atoms with Crippen molar-refractivity contribution < 1.29 is 14.7 Å². The first-order valence-electron chi connectivity index (χ1n) is 6.31. The number of nitrogens with zero attached hydrogens (tertiary/aromatic N) is 3. The summed E-state index contributed by atoms with van der Waals surface area (Å²) in [4.78, 5) is 28.5. The fourth-order valence-electron chi connectivity index (χ4n) is 1.71. The average Bonchev–Trinajstić information content (AvgIpc) is 2.42. The van der Waals surface area contributed by atoms with Crippen LogP contribution < -0.4 is 0 Å². The number of carboxylic acid groups (broad SMARTS) is 1. The summed E-state index contributed by atoms with van der Waals surface area (Å²) in [6.07, 6.45) is 1.42. The molecule has 0 fully saturated rings. The summed E-state index contributed by atoms with van der Waals surface area (Å²) < 4.78 is 0. The first kappa shape index (κ1) is 15.6. The minimum atomic E-state index is -1.08. The molecule has 0 radical (unpaired) electrons. The molecule has 0 atom stereocenters. The number of carbonyl (C=O) groups excluding carboxylic acids is 1. The third kappa shape index (κ3) is 4.35. The molecule has 0 saturated heterocycles. The average molecular weight is 275 g/mol. The van der Waals surface area contributed by atoms with Gasteiger partial charge in [0.2, 0.25) is 0 Å². The van der Waals surface area contributed by atoms with Gasteiger partial charge in [-0.3, -0.25) is 9.78 Å². The number of amides is 1. The highest BCUT2D eigenvalue weighted by Crippen LogP contribution is 2.08. The van der Waals surface area contributed by atoms with Crippen molar-refractivity contribution in [2.24, 2.45) is 5.92 Å². The Morgan fingerprint density at radius 1 is 1.45 bits per heavy atom. The molecule has 1 aromatic heterocycles. The summed E-state index contributed by atoms with van der Waals surface area (Å²) in [5, 5.41) is 17.4. The molecule has 1 rings (SSSR count). The van der Waals surface area contributed by atoms with Crippen LogP contribution in [0.1, 0.15) is 41.1 Å². The zero-order valence-electron chi connectivity index (χ0n) is 11.5. The summed E-state index contributed by atoms with van der Waals surface area (Å²) >= 11 is 0. The van der Waals surface area contributed by atoms with Gasteiger partial charge < -0.3 is 10.0 Å². The molecule has 0 saturated carbocycles. The predicted octanol–water partition coefficient (Wildman–Crippen LogP) is 1.79. The van der Waals surface area contributed by atoms with E-state index in [1.807, 2.05) is 19.9 Å². The minimum Gasteiger partial charge on any atom is -0.478 e.